The average molecular weight is 421 g/mol. The predicted molar refractivity (Wildman–Crippen MR) is 115 cm³/mol. The van der Waals surface area contributed by atoms with Crippen molar-refractivity contribution in [3.63, 3.8) is 0 Å². The highest BCUT2D eigenvalue weighted by atomic mass is 32.2. The highest BCUT2D eigenvalue weighted by molar-refractivity contribution is 7.98. The Balaban J connectivity index is 1.55. The van der Waals surface area contributed by atoms with E-state index in [-0.39, 0.29) is 18.1 Å². The Morgan fingerprint density at radius 2 is 1.87 bits per heavy atom. The second kappa shape index (κ2) is 8.46. The zero-order valence-corrected chi connectivity index (χ0v) is 17.2. The van der Waals surface area contributed by atoms with Crippen LogP contribution in [0.1, 0.15) is 13.3 Å². The minimum atomic E-state index is -0.496. The number of aromatic nitrogens is 4. The Bertz CT molecular complexity index is 1110. The van der Waals surface area contributed by atoms with Crippen LogP contribution < -0.4 is 10.3 Å². The number of rotatable bonds is 6. The smallest absolute Gasteiger partial charge is 0.271 e. The van der Waals surface area contributed by atoms with Gasteiger partial charge in [0.05, 0.1) is 11.4 Å². The van der Waals surface area contributed by atoms with Crippen LogP contribution in [0.5, 0.6) is 0 Å². The van der Waals surface area contributed by atoms with Crippen LogP contribution in [0.4, 0.5) is 11.4 Å². The van der Waals surface area contributed by atoms with Crippen molar-refractivity contribution in [2.45, 2.75) is 24.5 Å². The fourth-order valence-electron chi connectivity index (χ4n) is 3.17. The molecular formula is C20H19N7O2S. The second-order valence-corrected chi connectivity index (χ2v) is 7.41. The number of nitrogens with zero attached hydrogens (tertiary/aromatic N) is 6. The quantitative estimate of drug-likeness (QED) is 0.610. The number of hydrogen-bond donors (Lipinski definition) is 1. The summed E-state index contributed by atoms with van der Waals surface area (Å²) in [5, 5.41) is 21.2. The van der Waals surface area contributed by atoms with E-state index in [1.165, 1.54) is 18.7 Å². The summed E-state index contributed by atoms with van der Waals surface area (Å²) in [5.41, 5.74) is 2.38. The topological polar surface area (TPSA) is 105 Å². The summed E-state index contributed by atoms with van der Waals surface area (Å²) >= 11 is 1.42. The third-order valence-electron chi connectivity index (χ3n) is 4.63. The van der Waals surface area contributed by atoms with Gasteiger partial charge >= 0.3 is 0 Å². The highest BCUT2D eigenvalue weighted by Gasteiger charge is 2.34. The van der Waals surface area contributed by atoms with Crippen LogP contribution in [0.25, 0.3) is 5.69 Å². The number of nitrogens with one attached hydrogen (secondary N) is 1. The molecule has 1 unspecified atom stereocenters. The predicted octanol–water partition coefficient (Wildman–Crippen LogP) is 2.55. The first kappa shape index (κ1) is 19.8. The van der Waals surface area contributed by atoms with Gasteiger partial charge in [0.15, 0.2) is 5.78 Å². The molecular weight excluding hydrogens is 402 g/mol. The molecule has 1 aliphatic heterocycles. The van der Waals surface area contributed by atoms with E-state index < -0.39 is 6.04 Å². The normalized spacial score (nSPS) is 15.7. The molecule has 1 amide bonds. The van der Waals surface area contributed by atoms with Crippen LogP contribution in [-0.2, 0) is 9.59 Å². The van der Waals surface area contributed by atoms with Crippen LogP contribution >= 0.6 is 11.8 Å². The number of benzene rings is 2. The molecule has 1 aromatic heterocycles. The van der Waals surface area contributed by atoms with Crippen molar-refractivity contribution in [1.29, 1.82) is 0 Å². The lowest BCUT2D eigenvalue weighted by Crippen LogP contribution is -2.33. The summed E-state index contributed by atoms with van der Waals surface area (Å²) in [5.74, 6) is -0.394. The number of anilines is 2. The second-order valence-electron chi connectivity index (χ2n) is 6.64. The summed E-state index contributed by atoms with van der Waals surface area (Å²) in [4.78, 5) is 25.0. The number of Topliss-reactive ketones (excluding diaryl/α,β-unsaturated/α-hetero) is 1. The van der Waals surface area contributed by atoms with Crippen molar-refractivity contribution >= 4 is 40.5 Å². The molecule has 30 heavy (non-hydrogen) atoms. The van der Waals surface area contributed by atoms with Gasteiger partial charge in [0.1, 0.15) is 11.8 Å². The van der Waals surface area contributed by atoms with Crippen LogP contribution in [-0.4, -0.2) is 49.9 Å². The Morgan fingerprint density at radius 3 is 2.60 bits per heavy atom. The summed E-state index contributed by atoms with van der Waals surface area (Å²) in [7, 11) is 0. The Kier molecular flexibility index (Phi) is 5.57. The lowest BCUT2D eigenvalue weighted by atomic mass is 10.1. The van der Waals surface area contributed by atoms with Gasteiger partial charge in [0.2, 0.25) is 5.16 Å². The Labute approximate surface area is 177 Å². The zero-order valence-electron chi connectivity index (χ0n) is 16.4. The van der Waals surface area contributed by atoms with Crippen LogP contribution in [0.3, 0.4) is 0 Å². The molecule has 4 rings (SSSR count). The number of carbonyl (C=O) groups excluding carboxylic acids is 2. The monoisotopic (exact) mass is 421 g/mol. The minimum Gasteiger partial charge on any atom is -0.321 e. The molecule has 0 saturated heterocycles. The van der Waals surface area contributed by atoms with Gasteiger partial charge in [-0.05, 0) is 53.9 Å². The molecule has 152 valence electrons. The van der Waals surface area contributed by atoms with Gasteiger partial charge in [0, 0.05) is 12.1 Å². The molecule has 0 saturated carbocycles. The summed E-state index contributed by atoms with van der Waals surface area (Å²) in [6.45, 7) is 1.51. The first-order valence-electron chi connectivity index (χ1n) is 9.23. The van der Waals surface area contributed by atoms with Gasteiger partial charge in [-0.15, -0.1) is 5.10 Å². The SMILES string of the molecule is CSc1nnnn1-c1cccc(NC(=O)C2=NN(c3ccccc3)C(C(C)=O)C2)c1. The maximum atomic E-state index is 12.8. The molecule has 0 radical (unpaired) electrons. The largest absolute Gasteiger partial charge is 0.321 e. The molecule has 2 aromatic carbocycles. The Morgan fingerprint density at radius 1 is 1.10 bits per heavy atom. The lowest BCUT2D eigenvalue weighted by Gasteiger charge is -2.20. The summed E-state index contributed by atoms with van der Waals surface area (Å²) in [6.07, 6.45) is 2.13. The number of ketones is 1. The van der Waals surface area contributed by atoms with Gasteiger partial charge in [-0.25, -0.2) is 0 Å². The van der Waals surface area contributed by atoms with Gasteiger partial charge in [-0.1, -0.05) is 36.0 Å². The van der Waals surface area contributed by atoms with Gasteiger partial charge < -0.3 is 5.32 Å². The maximum Gasteiger partial charge on any atom is 0.271 e. The highest BCUT2D eigenvalue weighted by Crippen LogP contribution is 2.26. The molecule has 1 aliphatic rings. The lowest BCUT2D eigenvalue weighted by molar-refractivity contribution is -0.118. The first-order chi connectivity index (χ1) is 14.6. The third-order valence-corrected chi connectivity index (χ3v) is 5.25. The van der Waals surface area contributed by atoms with Crippen LogP contribution in [0.15, 0.2) is 64.9 Å². The molecule has 0 bridgehead atoms. The molecule has 1 N–H and O–H groups in total. The van der Waals surface area contributed by atoms with E-state index in [2.05, 4.69) is 25.9 Å². The van der Waals surface area contributed by atoms with E-state index in [9.17, 15) is 9.59 Å². The molecule has 0 spiro atoms. The molecule has 9 nitrogen and oxygen atoms in total. The number of hydrazone groups is 1. The molecule has 10 heteroatoms. The molecule has 0 fully saturated rings. The number of amides is 1. The van der Waals surface area contributed by atoms with E-state index in [0.717, 1.165) is 11.4 Å². The standard InChI is InChI=1S/C20H19N7O2S/c1-13(28)18-12-17(23-26(18)15-8-4-3-5-9-15)19(29)21-14-7-6-10-16(11-14)27-20(30-2)22-24-25-27/h3-11,18H,12H2,1-2H3,(H,21,29). The zero-order chi connectivity index (χ0) is 21.1. The summed E-state index contributed by atoms with van der Waals surface area (Å²) in [6, 6.07) is 16.1. The molecule has 2 heterocycles. The van der Waals surface area contributed by atoms with Crippen LogP contribution in [0.2, 0.25) is 0 Å². The number of tetrazole rings is 1. The van der Waals surface area contributed by atoms with Crippen molar-refractivity contribution in [1.82, 2.24) is 20.2 Å². The van der Waals surface area contributed by atoms with E-state index in [4.69, 9.17) is 0 Å². The van der Waals surface area contributed by atoms with E-state index in [1.54, 1.807) is 21.8 Å². The Hall–Kier alpha value is -3.53. The van der Waals surface area contributed by atoms with E-state index in [1.807, 2.05) is 48.7 Å². The fourth-order valence-corrected chi connectivity index (χ4v) is 3.60. The first-order valence-corrected chi connectivity index (χ1v) is 10.5. The number of hydrogen-bond acceptors (Lipinski definition) is 8. The van der Waals surface area contributed by atoms with E-state index >= 15 is 0 Å². The van der Waals surface area contributed by atoms with Crippen LogP contribution in [0, 0.1) is 0 Å². The van der Waals surface area contributed by atoms with Crippen molar-refractivity contribution in [2.24, 2.45) is 5.10 Å². The number of thioether (sulfide) groups is 1. The maximum absolute atomic E-state index is 12.8. The summed E-state index contributed by atoms with van der Waals surface area (Å²) < 4.78 is 1.59. The van der Waals surface area contributed by atoms with Gasteiger partial charge in [0.25, 0.3) is 5.91 Å². The third kappa shape index (κ3) is 3.94. The minimum absolute atomic E-state index is 0.0457. The van der Waals surface area contributed by atoms with Gasteiger partial charge in [-0.2, -0.15) is 9.78 Å². The number of carbonyl (C=O) groups is 2. The van der Waals surface area contributed by atoms with Crippen molar-refractivity contribution in [3.8, 4) is 5.69 Å². The molecule has 1 atom stereocenters. The fraction of sp³-hybridized carbons (Fsp3) is 0.200. The van der Waals surface area contributed by atoms with Crippen molar-refractivity contribution in [3.05, 3.63) is 54.6 Å². The van der Waals surface area contributed by atoms with Crippen molar-refractivity contribution < 1.29 is 9.59 Å². The average Bonchev–Trinajstić information content (AvgIpc) is 3.42. The molecule has 3 aromatic rings. The number of para-hydroxylation sites is 1. The van der Waals surface area contributed by atoms with E-state index in [0.29, 0.717) is 16.6 Å². The molecule has 0 aliphatic carbocycles. The van der Waals surface area contributed by atoms with Crippen molar-refractivity contribution in [2.75, 3.05) is 16.6 Å². The van der Waals surface area contributed by atoms with Gasteiger partial charge in [-0.3, -0.25) is 14.6 Å².